The van der Waals surface area contributed by atoms with Crippen LogP contribution in [0, 0.1) is 6.92 Å². The van der Waals surface area contributed by atoms with Crippen molar-refractivity contribution in [3.8, 4) is 5.88 Å². The zero-order valence-electron chi connectivity index (χ0n) is 12.3. The fraction of sp³-hybridized carbons (Fsp3) is 0.118. The van der Waals surface area contributed by atoms with Gasteiger partial charge in [-0.15, -0.1) is 0 Å². The van der Waals surface area contributed by atoms with Crippen LogP contribution in [0.25, 0.3) is 0 Å². The van der Waals surface area contributed by atoms with Crippen LogP contribution in [0.1, 0.15) is 33.3 Å². The molecule has 2 aromatic heterocycles. The summed E-state index contributed by atoms with van der Waals surface area (Å²) in [5.41, 5.74) is 2.71. The van der Waals surface area contributed by atoms with Gasteiger partial charge in [0, 0.05) is 18.3 Å². The van der Waals surface area contributed by atoms with E-state index in [2.05, 4.69) is 10.1 Å². The van der Waals surface area contributed by atoms with Crippen LogP contribution in [0.4, 0.5) is 0 Å². The standard InChI is InChI=1S/C17H14N2O4/c1-11-3-2-4-12(9-11)16(14-7-8-22-19-14)23-15-6-5-13(10-18-15)17(20)21/h2-10,16H,1H3,(H,20,21). The third kappa shape index (κ3) is 3.37. The van der Waals surface area contributed by atoms with Crippen molar-refractivity contribution in [1.29, 1.82) is 0 Å². The van der Waals surface area contributed by atoms with E-state index in [1.165, 1.54) is 24.6 Å². The number of pyridine rings is 1. The van der Waals surface area contributed by atoms with E-state index >= 15 is 0 Å². The summed E-state index contributed by atoms with van der Waals surface area (Å²) in [4.78, 5) is 14.9. The maximum Gasteiger partial charge on any atom is 0.337 e. The number of nitrogens with zero attached hydrogens (tertiary/aromatic N) is 2. The highest BCUT2D eigenvalue weighted by atomic mass is 16.5. The van der Waals surface area contributed by atoms with E-state index in [1.807, 2.05) is 31.2 Å². The van der Waals surface area contributed by atoms with Crippen molar-refractivity contribution < 1.29 is 19.2 Å². The van der Waals surface area contributed by atoms with Gasteiger partial charge in [-0.2, -0.15) is 0 Å². The van der Waals surface area contributed by atoms with Crippen LogP contribution in [0.5, 0.6) is 5.88 Å². The van der Waals surface area contributed by atoms with Crippen LogP contribution in [0.2, 0.25) is 0 Å². The van der Waals surface area contributed by atoms with E-state index in [4.69, 9.17) is 14.4 Å². The van der Waals surface area contributed by atoms with Crippen LogP contribution in [0.3, 0.4) is 0 Å². The summed E-state index contributed by atoms with van der Waals surface area (Å²) in [5, 5.41) is 12.9. The number of ether oxygens (including phenoxy) is 1. The summed E-state index contributed by atoms with van der Waals surface area (Å²) >= 11 is 0. The molecule has 23 heavy (non-hydrogen) atoms. The lowest BCUT2D eigenvalue weighted by molar-refractivity contribution is 0.0696. The first-order valence-electron chi connectivity index (χ1n) is 6.96. The molecule has 1 aromatic carbocycles. The van der Waals surface area contributed by atoms with Gasteiger partial charge < -0.3 is 14.4 Å². The fourth-order valence-electron chi connectivity index (χ4n) is 2.19. The number of benzene rings is 1. The Labute approximate surface area is 132 Å². The molecule has 3 rings (SSSR count). The quantitative estimate of drug-likeness (QED) is 0.778. The number of aryl methyl sites for hydroxylation is 1. The number of hydrogen-bond acceptors (Lipinski definition) is 5. The lowest BCUT2D eigenvalue weighted by atomic mass is 10.0. The molecule has 0 amide bonds. The van der Waals surface area contributed by atoms with E-state index in [-0.39, 0.29) is 5.56 Å². The average Bonchev–Trinajstić information content (AvgIpc) is 3.07. The second kappa shape index (κ2) is 6.31. The first-order valence-corrected chi connectivity index (χ1v) is 6.96. The van der Waals surface area contributed by atoms with Crippen LogP contribution in [0.15, 0.2) is 59.4 Å². The first-order chi connectivity index (χ1) is 11.1. The van der Waals surface area contributed by atoms with Gasteiger partial charge in [-0.05, 0) is 18.6 Å². The van der Waals surface area contributed by atoms with Gasteiger partial charge in [0.2, 0.25) is 5.88 Å². The monoisotopic (exact) mass is 310 g/mol. The SMILES string of the molecule is Cc1cccc(C(Oc2ccc(C(=O)O)cn2)c2ccon2)c1. The van der Waals surface area contributed by atoms with Crippen LogP contribution < -0.4 is 4.74 Å². The molecule has 0 aliphatic rings. The molecule has 1 unspecified atom stereocenters. The Balaban J connectivity index is 1.92. The minimum atomic E-state index is -1.03. The van der Waals surface area contributed by atoms with Gasteiger partial charge >= 0.3 is 5.97 Å². The number of carboxylic acid groups (broad SMARTS) is 1. The Kier molecular flexibility index (Phi) is 4.05. The Morgan fingerprint density at radius 1 is 1.26 bits per heavy atom. The summed E-state index contributed by atoms with van der Waals surface area (Å²) in [7, 11) is 0. The highest BCUT2D eigenvalue weighted by molar-refractivity contribution is 5.87. The Hall–Kier alpha value is -3.15. The molecule has 0 aliphatic carbocycles. The number of carbonyl (C=O) groups is 1. The van der Waals surface area contributed by atoms with Gasteiger partial charge in [-0.1, -0.05) is 35.0 Å². The van der Waals surface area contributed by atoms with Crippen LogP contribution >= 0.6 is 0 Å². The van der Waals surface area contributed by atoms with E-state index in [1.54, 1.807) is 6.07 Å². The predicted octanol–water partition coefficient (Wildman–Crippen LogP) is 3.24. The molecule has 6 nitrogen and oxygen atoms in total. The molecule has 3 aromatic rings. The Morgan fingerprint density at radius 3 is 2.74 bits per heavy atom. The zero-order valence-corrected chi connectivity index (χ0v) is 12.3. The zero-order chi connectivity index (χ0) is 16.2. The van der Waals surface area contributed by atoms with Gasteiger partial charge in [-0.3, -0.25) is 0 Å². The summed E-state index contributed by atoms with van der Waals surface area (Å²) in [6.45, 7) is 1.99. The maximum atomic E-state index is 10.9. The molecule has 1 N–H and O–H groups in total. The molecule has 2 heterocycles. The van der Waals surface area contributed by atoms with E-state index in [0.29, 0.717) is 11.6 Å². The summed E-state index contributed by atoms with van der Waals surface area (Å²) in [6.07, 6.45) is 2.24. The summed E-state index contributed by atoms with van der Waals surface area (Å²) < 4.78 is 10.8. The third-order valence-electron chi connectivity index (χ3n) is 3.29. The molecule has 0 saturated carbocycles. The fourth-order valence-corrected chi connectivity index (χ4v) is 2.19. The number of rotatable bonds is 5. The van der Waals surface area contributed by atoms with Gasteiger partial charge in [0.25, 0.3) is 0 Å². The van der Waals surface area contributed by atoms with Crippen molar-refractivity contribution in [2.45, 2.75) is 13.0 Å². The topological polar surface area (TPSA) is 85.5 Å². The molecule has 0 spiro atoms. The number of hydrogen-bond donors (Lipinski definition) is 1. The number of carboxylic acids is 1. The minimum absolute atomic E-state index is 0.103. The Morgan fingerprint density at radius 2 is 2.13 bits per heavy atom. The summed E-state index contributed by atoms with van der Waals surface area (Å²) in [5.74, 6) is -0.722. The molecular weight excluding hydrogens is 296 g/mol. The smallest absolute Gasteiger partial charge is 0.337 e. The van der Waals surface area contributed by atoms with Gasteiger partial charge in [0.15, 0.2) is 6.10 Å². The predicted molar refractivity (Wildman–Crippen MR) is 81.3 cm³/mol. The molecule has 0 radical (unpaired) electrons. The van der Waals surface area contributed by atoms with Gasteiger partial charge in [0.1, 0.15) is 12.0 Å². The van der Waals surface area contributed by atoms with E-state index in [0.717, 1.165) is 11.1 Å². The second-order valence-electron chi connectivity index (χ2n) is 5.03. The van der Waals surface area contributed by atoms with Crippen molar-refractivity contribution in [3.05, 3.63) is 77.3 Å². The lowest BCUT2D eigenvalue weighted by Crippen LogP contribution is -2.11. The van der Waals surface area contributed by atoms with Gasteiger partial charge in [-0.25, -0.2) is 9.78 Å². The van der Waals surface area contributed by atoms with E-state index < -0.39 is 12.1 Å². The van der Waals surface area contributed by atoms with Crippen molar-refractivity contribution in [2.75, 3.05) is 0 Å². The average molecular weight is 310 g/mol. The first kappa shape index (κ1) is 14.8. The molecule has 1 atom stereocenters. The molecular formula is C17H14N2O4. The lowest BCUT2D eigenvalue weighted by Gasteiger charge is -2.17. The van der Waals surface area contributed by atoms with Crippen molar-refractivity contribution in [3.63, 3.8) is 0 Å². The Bertz CT molecular complexity index is 798. The summed E-state index contributed by atoms with van der Waals surface area (Å²) in [6, 6.07) is 12.5. The van der Waals surface area contributed by atoms with Crippen LogP contribution in [-0.2, 0) is 0 Å². The largest absolute Gasteiger partial charge is 0.478 e. The van der Waals surface area contributed by atoms with E-state index in [9.17, 15) is 4.79 Å². The third-order valence-corrected chi connectivity index (χ3v) is 3.29. The number of aromatic carboxylic acids is 1. The molecule has 116 valence electrons. The molecule has 6 heteroatoms. The molecule has 0 aliphatic heterocycles. The van der Waals surface area contributed by atoms with Crippen molar-refractivity contribution in [2.24, 2.45) is 0 Å². The van der Waals surface area contributed by atoms with Crippen LogP contribution in [-0.4, -0.2) is 21.2 Å². The molecule has 0 bridgehead atoms. The van der Waals surface area contributed by atoms with Gasteiger partial charge in [0.05, 0.1) is 5.56 Å². The second-order valence-corrected chi connectivity index (χ2v) is 5.03. The van der Waals surface area contributed by atoms with Crippen molar-refractivity contribution in [1.82, 2.24) is 10.1 Å². The van der Waals surface area contributed by atoms with Crippen molar-refractivity contribution >= 4 is 5.97 Å². The molecule has 0 saturated heterocycles. The highest BCUT2D eigenvalue weighted by Crippen LogP contribution is 2.27. The highest BCUT2D eigenvalue weighted by Gasteiger charge is 2.20. The normalized spacial score (nSPS) is 11.9. The number of aromatic nitrogens is 2. The maximum absolute atomic E-state index is 10.9. The molecule has 0 fully saturated rings. The minimum Gasteiger partial charge on any atom is -0.478 e.